The molecule has 1 unspecified atom stereocenters. The Hall–Kier alpha value is -3.43. The third-order valence-corrected chi connectivity index (χ3v) is 7.25. The lowest BCUT2D eigenvalue weighted by Gasteiger charge is -2.34. The van der Waals surface area contributed by atoms with Crippen LogP contribution in [0.25, 0.3) is 0 Å². The lowest BCUT2D eigenvalue weighted by Crippen LogP contribution is -2.53. The van der Waals surface area contributed by atoms with Gasteiger partial charge in [-0.25, -0.2) is 4.79 Å². The van der Waals surface area contributed by atoms with Gasteiger partial charge < -0.3 is 10.1 Å². The molecule has 3 heterocycles. The smallest absolute Gasteiger partial charge is 0.344 e. The molecule has 4 amide bonds. The fraction of sp³-hybridized carbons (Fsp3) is 0.444. The van der Waals surface area contributed by atoms with Crippen molar-refractivity contribution in [1.82, 2.24) is 25.6 Å². The monoisotopic (exact) mass is 491 g/mol. The van der Waals surface area contributed by atoms with E-state index in [0.29, 0.717) is 12.8 Å². The number of urea groups is 1. The maximum absolute atomic E-state index is 13.0. The molecule has 2 aromatic carbocycles. The Labute approximate surface area is 211 Å². The zero-order chi connectivity index (χ0) is 25.1. The van der Waals surface area contributed by atoms with Crippen LogP contribution in [0.1, 0.15) is 30.0 Å². The number of amides is 4. The van der Waals surface area contributed by atoms with Crippen molar-refractivity contribution < 1.29 is 19.1 Å². The van der Waals surface area contributed by atoms with E-state index in [9.17, 15) is 14.4 Å². The van der Waals surface area contributed by atoms with Gasteiger partial charge in [0.1, 0.15) is 11.3 Å². The van der Waals surface area contributed by atoms with Crippen molar-refractivity contribution in [2.45, 2.75) is 38.3 Å². The lowest BCUT2D eigenvalue weighted by molar-refractivity contribution is -0.139. The first-order chi connectivity index (χ1) is 17.4. The molecular formula is C27H33N5O4. The highest BCUT2D eigenvalue weighted by Gasteiger charge is 2.48. The molecule has 0 spiro atoms. The summed E-state index contributed by atoms with van der Waals surface area (Å²) in [7, 11) is 0. The molecule has 5 rings (SSSR count). The van der Waals surface area contributed by atoms with Gasteiger partial charge in [-0.15, -0.1) is 0 Å². The van der Waals surface area contributed by atoms with Crippen LogP contribution in [0.2, 0.25) is 0 Å². The molecule has 1 atom stereocenters. The summed E-state index contributed by atoms with van der Waals surface area (Å²) in [6.45, 7) is 6.67. The number of fused-ring (bicyclic) bond motifs is 1. The summed E-state index contributed by atoms with van der Waals surface area (Å²) in [6.07, 6.45) is 2.07. The molecule has 3 aliphatic rings. The molecule has 0 aromatic heterocycles. The molecule has 2 N–H and O–H groups in total. The van der Waals surface area contributed by atoms with E-state index in [0.717, 1.165) is 62.1 Å². The van der Waals surface area contributed by atoms with Crippen molar-refractivity contribution in [1.29, 1.82) is 0 Å². The predicted molar refractivity (Wildman–Crippen MR) is 134 cm³/mol. The van der Waals surface area contributed by atoms with Crippen molar-refractivity contribution in [3.05, 3.63) is 65.2 Å². The molecule has 9 nitrogen and oxygen atoms in total. The number of hydrazine groups is 1. The van der Waals surface area contributed by atoms with Gasteiger partial charge in [0, 0.05) is 39.1 Å². The Morgan fingerprint density at radius 1 is 1.03 bits per heavy atom. The largest absolute Gasteiger partial charge is 0.493 e. The molecule has 190 valence electrons. The van der Waals surface area contributed by atoms with Gasteiger partial charge in [0.05, 0.1) is 13.2 Å². The molecule has 9 heteroatoms. The van der Waals surface area contributed by atoms with Gasteiger partial charge in [-0.2, -0.15) is 5.01 Å². The molecule has 0 bridgehead atoms. The van der Waals surface area contributed by atoms with Gasteiger partial charge in [-0.05, 0) is 42.5 Å². The number of nitrogens with zero attached hydrogens (tertiary/aromatic N) is 3. The first-order valence-corrected chi connectivity index (χ1v) is 12.6. The van der Waals surface area contributed by atoms with Crippen LogP contribution in [-0.4, -0.2) is 77.5 Å². The summed E-state index contributed by atoms with van der Waals surface area (Å²) in [4.78, 5) is 42.6. The average Bonchev–Trinajstić information content (AvgIpc) is 3.43. The number of aryl methyl sites for hydroxylation is 1. The van der Waals surface area contributed by atoms with Crippen molar-refractivity contribution in [2.75, 3.05) is 39.3 Å². The number of nitrogens with one attached hydrogen (secondary N) is 2. The molecular weight excluding hydrogens is 458 g/mol. The maximum atomic E-state index is 13.0. The number of hydrogen-bond donors (Lipinski definition) is 2. The van der Waals surface area contributed by atoms with E-state index in [-0.39, 0.29) is 12.5 Å². The Morgan fingerprint density at radius 3 is 2.56 bits per heavy atom. The fourth-order valence-electron chi connectivity index (χ4n) is 5.06. The van der Waals surface area contributed by atoms with E-state index in [4.69, 9.17) is 4.74 Å². The molecule has 0 radical (unpaired) electrons. The van der Waals surface area contributed by atoms with Crippen molar-refractivity contribution >= 4 is 17.8 Å². The van der Waals surface area contributed by atoms with Crippen LogP contribution >= 0.6 is 0 Å². The van der Waals surface area contributed by atoms with Crippen molar-refractivity contribution in [3.8, 4) is 5.75 Å². The summed E-state index contributed by atoms with van der Waals surface area (Å²) < 4.78 is 5.59. The van der Waals surface area contributed by atoms with E-state index in [1.807, 2.05) is 30.3 Å². The second kappa shape index (κ2) is 10.3. The van der Waals surface area contributed by atoms with Crippen molar-refractivity contribution in [3.63, 3.8) is 0 Å². The summed E-state index contributed by atoms with van der Waals surface area (Å²) in [5, 5.41) is 3.58. The number of benzene rings is 2. The van der Waals surface area contributed by atoms with Gasteiger partial charge in [0.25, 0.3) is 11.8 Å². The van der Waals surface area contributed by atoms with Gasteiger partial charge in [-0.1, -0.05) is 42.5 Å². The highest BCUT2D eigenvalue weighted by atomic mass is 16.5. The minimum Gasteiger partial charge on any atom is -0.493 e. The molecule has 2 saturated heterocycles. The van der Waals surface area contributed by atoms with E-state index < -0.39 is 17.5 Å². The van der Waals surface area contributed by atoms with Crippen LogP contribution in [0, 0.1) is 0 Å². The van der Waals surface area contributed by atoms with Crippen LogP contribution in [0.15, 0.2) is 48.5 Å². The Bertz CT molecular complexity index is 1130. The normalized spacial score (nSPS) is 22.3. The van der Waals surface area contributed by atoms with Gasteiger partial charge in [-0.3, -0.25) is 24.8 Å². The van der Waals surface area contributed by atoms with Crippen LogP contribution in [0.5, 0.6) is 5.75 Å². The first kappa shape index (κ1) is 24.3. The lowest BCUT2D eigenvalue weighted by atomic mass is 9.93. The van der Waals surface area contributed by atoms with Gasteiger partial charge in [0.2, 0.25) is 0 Å². The molecule has 2 aromatic rings. The van der Waals surface area contributed by atoms with E-state index in [1.165, 1.54) is 11.1 Å². The highest BCUT2D eigenvalue weighted by Crippen LogP contribution is 2.26. The second-order valence-corrected chi connectivity index (χ2v) is 10.0. The molecule has 36 heavy (non-hydrogen) atoms. The zero-order valence-electron chi connectivity index (χ0n) is 20.7. The second-order valence-electron chi connectivity index (χ2n) is 10.0. The standard InChI is InChI=1S/C27H33N5O4/c1-27(11-9-20-5-3-2-4-6-20)25(34)32(26(35)28-27)29-24(33)19-31-14-12-30(13-15-31)18-21-7-8-23-22(17-21)10-16-36-23/h2-8,17H,9-16,18-19H2,1H3,(H,28,35)(H,29,33). The summed E-state index contributed by atoms with van der Waals surface area (Å²) in [5.74, 6) is 0.204. The quantitative estimate of drug-likeness (QED) is 0.546. The zero-order valence-corrected chi connectivity index (χ0v) is 20.7. The van der Waals surface area contributed by atoms with Crippen LogP contribution in [0.4, 0.5) is 4.79 Å². The van der Waals surface area contributed by atoms with Crippen LogP contribution < -0.4 is 15.5 Å². The summed E-state index contributed by atoms with van der Waals surface area (Å²) in [5.41, 5.74) is 5.12. The topological polar surface area (TPSA) is 94.2 Å². The van der Waals surface area contributed by atoms with Crippen LogP contribution in [0.3, 0.4) is 0 Å². The van der Waals surface area contributed by atoms with E-state index in [1.54, 1.807) is 6.92 Å². The molecule has 0 aliphatic carbocycles. The number of carbonyl (C=O) groups excluding carboxylic acids is 3. The Morgan fingerprint density at radius 2 is 1.78 bits per heavy atom. The fourth-order valence-corrected chi connectivity index (χ4v) is 5.06. The number of carbonyl (C=O) groups is 3. The summed E-state index contributed by atoms with van der Waals surface area (Å²) >= 11 is 0. The van der Waals surface area contributed by atoms with E-state index in [2.05, 4.69) is 38.7 Å². The first-order valence-electron chi connectivity index (χ1n) is 12.6. The predicted octanol–water partition coefficient (Wildman–Crippen LogP) is 1.71. The number of hydrogen-bond acceptors (Lipinski definition) is 6. The summed E-state index contributed by atoms with van der Waals surface area (Å²) in [6, 6.07) is 15.6. The van der Waals surface area contributed by atoms with E-state index >= 15 is 0 Å². The minimum absolute atomic E-state index is 0.141. The van der Waals surface area contributed by atoms with Crippen LogP contribution in [-0.2, 0) is 29.0 Å². The van der Waals surface area contributed by atoms with Crippen molar-refractivity contribution in [2.24, 2.45) is 0 Å². The third-order valence-electron chi connectivity index (χ3n) is 7.25. The Balaban J connectivity index is 1.07. The SMILES string of the molecule is CC1(CCc2ccccc2)NC(=O)N(NC(=O)CN2CCN(Cc3ccc4c(c3)CCO4)CC2)C1=O. The van der Waals surface area contributed by atoms with Gasteiger partial charge in [0.15, 0.2) is 0 Å². The molecule has 2 fully saturated rings. The maximum Gasteiger partial charge on any atom is 0.344 e. The minimum atomic E-state index is -1.05. The average molecular weight is 492 g/mol. The number of piperazine rings is 1. The third kappa shape index (κ3) is 5.37. The Kier molecular flexibility index (Phi) is 6.93. The molecule has 3 aliphatic heterocycles. The molecule has 0 saturated carbocycles. The number of ether oxygens (including phenoxy) is 1. The highest BCUT2D eigenvalue weighted by molar-refractivity contribution is 6.07. The number of rotatable bonds is 8. The van der Waals surface area contributed by atoms with Gasteiger partial charge >= 0.3 is 6.03 Å². The number of imide groups is 1.